The minimum Gasteiger partial charge on any atom is -0.443 e. The van der Waals surface area contributed by atoms with Crippen LogP contribution in [0.5, 0.6) is 0 Å². The summed E-state index contributed by atoms with van der Waals surface area (Å²) >= 11 is 0. The van der Waals surface area contributed by atoms with Gasteiger partial charge in [0.1, 0.15) is 42.2 Å². The van der Waals surface area contributed by atoms with E-state index >= 15 is 0 Å². The highest BCUT2D eigenvalue weighted by Crippen LogP contribution is 2.25. The number of nitrogens with zero attached hydrogens (tertiary/aromatic N) is 6. The Bertz CT molecular complexity index is 2210. The van der Waals surface area contributed by atoms with Crippen molar-refractivity contribution in [2.75, 3.05) is 45.9 Å². The quantitative estimate of drug-likeness (QED) is 0.169. The molecule has 2 N–H and O–H groups in total. The third-order valence-corrected chi connectivity index (χ3v) is 9.61. The second-order valence-electron chi connectivity index (χ2n) is 19.8. The fraction of sp³-hybridized carbons (Fsp3) is 0.451. The van der Waals surface area contributed by atoms with Gasteiger partial charge in [0.15, 0.2) is 0 Å². The molecule has 0 radical (unpaired) electrons. The minimum atomic E-state index is -1.62. The van der Waals surface area contributed by atoms with Gasteiger partial charge in [0.2, 0.25) is 0 Å². The lowest BCUT2D eigenvalue weighted by molar-refractivity contribution is -0.0273. The summed E-state index contributed by atoms with van der Waals surface area (Å²) in [7, 11) is 0. The molecule has 3 aliphatic rings. The smallest absolute Gasteiger partial charge is 0.429 e. The predicted molar refractivity (Wildman–Crippen MR) is 259 cm³/mol. The van der Waals surface area contributed by atoms with Gasteiger partial charge in [0, 0.05) is 0 Å². The number of hydrogen-bond donors (Lipinski definition) is 2. The van der Waals surface area contributed by atoms with Crippen molar-refractivity contribution in [2.45, 2.75) is 105 Å². The van der Waals surface area contributed by atoms with Gasteiger partial charge < -0.3 is 38.6 Å². The summed E-state index contributed by atoms with van der Waals surface area (Å²) in [5, 5.41) is 26.4. The maximum absolute atomic E-state index is 12.4. The van der Waals surface area contributed by atoms with E-state index in [0.717, 1.165) is 37.9 Å². The number of hydrazine groups is 3. The SMILES string of the molecule is C=C1CN(C(=O)OCc2ccccc2)N(C(=O)OC(C)(C)C)C1.C=C1CN(C(=O)OCc2ccccc2)N(C(=O)OC(C)(C)C)C1.CC(C)(C)OC(=O)N1CC(O)(CO)CN1C(=O)OCc1ccccc1. The molecule has 3 aromatic carbocycles. The van der Waals surface area contributed by atoms with E-state index in [1.807, 2.05) is 78.9 Å². The molecular formula is C51H68N6O14. The molecule has 3 fully saturated rings. The molecule has 0 spiro atoms. The lowest BCUT2D eigenvalue weighted by Gasteiger charge is -2.29. The second-order valence-corrected chi connectivity index (χ2v) is 19.8. The van der Waals surface area contributed by atoms with Crippen LogP contribution in [-0.2, 0) is 48.2 Å². The van der Waals surface area contributed by atoms with Crippen LogP contribution >= 0.6 is 0 Å². The van der Waals surface area contributed by atoms with Crippen LogP contribution in [-0.4, -0.2) is 145 Å². The predicted octanol–water partition coefficient (Wildman–Crippen LogP) is 8.21. The highest BCUT2D eigenvalue weighted by molar-refractivity contribution is 5.77. The van der Waals surface area contributed by atoms with Crippen LogP contribution in [0.15, 0.2) is 115 Å². The number of aliphatic hydroxyl groups is 2. The second kappa shape index (κ2) is 24.5. The number of rotatable bonds is 7. The molecule has 1 atom stereocenters. The standard InChI is InChI=1S/C17H24N2O6.2C17H22N2O4/c1-16(2,3)25-15(22)19-11-17(23,12-20)10-18(19)14(21)24-9-13-7-5-4-6-8-13;2*1-13-10-18(19(11-13)16(21)23-17(2,3)4)15(20)22-12-14-8-6-5-7-9-14/h4-8,20,23H,9-12H2,1-3H3;2*5-9H,1,10-12H2,2-4H3. The fourth-order valence-corrected chi connectivity index (χ4v) is 6.47. The Morgan fingerprint density at radius 2 is 0.690 bits per heavy atom. The first-order chi connectivity index (χ1) is 33.2. The molecule has 20 heteroatoms. The van der Waals surface area contributed by atoms with Crippen LogP contribution < -0.4 is 0 Å². The van der Waals surface area contributed by atoms with Crippen LogP contribution in [0.3, 0.4) is 0 Å². The molecule has 20 nitrogen and oxygen atoms in total. The zero-order valence-corrected chi connectivity index (χ0v) is 42.1. The molecule has 6 rings (SSSR count). The molecule has 3 aliphatic heterocycles. The van der Waals surface area contributed by atoms with Gasteiger partial charge in [0.05, 0.1) is 45.9 Å². The van der Waals surface area contributed by atoms with Crippen molar-refractivity contribution < 1.29 is 67.4 Å². The lowest BCUT2D eigenvalue weighted by Crippen LogP contribution is -2.47. The Morgan fingerprint density at radius 1 is 0.451 bits per heavy atom. The minimum absolute atomic E-state index is 0.0237. The Hall–Kier alpha value is -7.32. The largest absolute Gasteiger partial charge is 0.443 e. The zero-order chi connectivity index (χ0) is 52.7. The number of β-amino-alcohol motifs (C(OH)–C–C–N with tert-alkyl or cyclic N) is 1. The first-order valence-electron chi connectivity index (χ1n) is 22.8. The van der Waals surface area contributed by atoms with Crippen LogP contribution in [0.1, 0.15) is 79.0 Å². The normalized spacial score (nSPS) is 16.8. The van der Waals surface area contributed by atoms with Crippen LogP contribution in [0.4, 0.5) is 28.8 Å². The highest BCUT2D eigenvalue weighted by atomic mass is 16.6. The van der Waals surface area contributed by atoms with Gasteiger partial charge >= 0.3 is 36.6 Å². The number of benzene rings is 3. The fourth-order valence-electron chi connectivity index (χ4n) is 6.47. The third kappa shape index (κ3) is 18.5. The highest BCUT2D eigenvalue weighted by Gasteiger charge is 2.48. The van der Waals surface area contributed by atoms with E-state index in [4.69, 9.17) is 28.4 Å². The summed E-state index contributed by atoms with van der Waals surface area (Å²) < 4.78 is 31.6. The van der Waals surface area contributed by atoms with E-state index < -0.39 is 65.6 Å². The molecule has 0 aromatic heterocycles. The summed E-state index contributed by atoms with van der Waals surface area (Å²) in [6, 6.07) is 27.8. The molecule has 1 unspecified atom stereocenters. The van der Waals surface area contributed by atoms with Crippen molar-refractivity contribution in [1.29, 1.82) is 0 Å². The molecular weight excluding hydrogens is 921 g/mol. The van der Waals surface area contributed by atoms with Crippen LogP contribution in [0.2, 0.25) is 0 Å². The Morgan fingerprint density at radius 3 is 0.958 bits per heavy atom. The Kier molecular flexibility index (Phi) is 19.4. The molecule has 3 saturated heterocycles. The number of hydrogen-bond acceptors (Lipinski definition) is 14. The molecule has 3 aromatic rings. The van der Waals surface area contributed by atoms with Gasteiger partial charge in [-0.25, -0.2) is 58.8 Å². The first-order valence-corrected chi connectivity index (χ1v) is 22.8. The summed E-state index contributed by atoms with van der Waals surface area (Å²) in [4.78, 5) is 73.6. The molecule has 386 valence electrons. The lowest BCUT2D eigenvalue weighted by atomic mass is 10.1. The van der Waals surface area contributed by atoms with Crippen molar-refractivity contribution in [3.63, 3.8) is 0 Å². The number of ether oxygens (including phenoxy) is 6. The van der Waals surface area contributed by atoms with E-state index in [1.165, 1.54) is 20.0 Å². The number of carbonyl (C=O) groups is 6. The summed E-state index contributed by atoms with van der Waals surface area (Å²) in [6.07, 6.45) is -3.98. The Labute approximate surface area is 415 Å². The Balaban J connectivity index is 0.000000232. The maximum Gasteiger partial charge on any atom is 0.429 e. The van der Waals surface area contributed by atoms with Crippen molar-refractivity contribution >= 4 is 36.6 Å². The zero-order valence-electron chi connectivity index (χ0n) is 42.1. The van der Waals surface area contributed by atoms with Crippen LogP contribution in [0.25, 0.3) is 0 Å². The van der Waals surface area contributed by atoms with Gasteiger partial charge in [0.25, 0.3) is 0 Å². The first kappa shape index (κ1) is 56.3. The molecule has 0 saturated carbocycles. The average molecular weight is 989 g/mol. The van der Waals surface area contributed by atoms with Gasteiger partial charge in [-0.1, -0.05) is 104 Å². The van der Waals surface area contributed by atoms with Crippen molar-refractivity contribution in [1.82, 2.24) is 30.1 Å². The third-order valence-electron chi connectivity index (χ3n) is 9.61. The van der Waals surface area contributed by atoms with Crippen LogP contribution in [0, 0.1) is 0 Å². The van der Waals surface area contributed by atoms with E-state index in [1.54, 1.807) is 74.4 Å². The van der Waals surface area contributed by atoms with Crippen molar-refractivity contribution in [3.8, 4) is 0 Å². The summed E-state index contributed by atoms with van der Waals surface area (Å²) in [5.74, 6) is 0. The van der Waals surface area contributed by atoms with E-state index in [-0.39, 0.29) is 59.1 Å². The van der Waals surface area contributed by atoms with Gasteiger partial charge in [-0.2, -0.15) is 0 Å². The molecule has 6 amide bonds. The molecule has 71 heavy (non-hydrogen) atoms. The van der Waals surface area contributed by atoms with Gasteiger partial charge in [-0.15, -0.1) is 0 Å². The van der Waals surface area contributed by atoms with Gasteiger partial charge in [-0.3, -0.25) is 0 Å². The van der Waals surface area contributed by atoms with Gasteiger partial charge in [-0.05, 0) is 90.2 Å². The van der Waals surface area contributed by atoms with E-state index in [9.17, 15) is 39.0 Å². The number of carbonyl (C=O) groups excluding carboxylic acids is 6. The summed E-state index contributed by atoms with van der Waals surface area (Å²) in [6.45, 7) is 23.5. The number of aliphatic hydroxyl groups excluding tert-OH is 1. The van der Waals surface area contributed by atoms with Crippen molar-refractivity contribution in [2.24, 2.45) is 0 Å². The van der Waals surface area contributed by atoms with E-state index in [0.29, 0.717) is 0 Å². The summed E-state index contributed by atoms with van der Waals surface area (Å²) in [5.41, 5.74) is 0.363. The number of amides is 6. The monoisotopic (exact) mass is 988 g/mol. The topological polar surface area (TPSA) is 218 Å². The molecule has 0 aliphatic carbocycles. The molecule has 3 heterocycles. The average Bonchev–Trinajstić information content (AvgIpc) is 4.01. The van der Waals surface area contributed by atoms with Crippen molar-refractivity contribution in [3.05, 3.63) is 132 Å². The van der Waals surface area contributed by atoms with E-state index in [2.05, 4.69) is 13.2 Å². The molecule has 0 bridgehead atoms. The maximum atomic E-state index is 12.4.